The van der Waals surface area contributed by atoms with Gasteiger partial charge in [0.05, 0.1) is 32.7 Å². The molecule has 116 valence electrons. The molecule has 0 bridgehead atoms. The van der Waals surface area contributed by atoms with Gasteiger partial charge in [0.15, 0.2) is 12.3 Å². The number of amides is 1. The number of piperazine rings is 1. The second kappa shape index (κ2) is 7.62. The molecule has 0 radical (unpaired) electrons. The predicted molar refractivity (Wildman–Crippen MR) is 86.1 cm³/mol. The maximum atomic E-state index is 11.6. The first-order valence-corrected chi connectivity index (χ1v) is 7.50. The van der Waals surface area contributed by atoms with Crippen molar-refractivity contribution in [3.63, 3.8) is 0 Å². The molecule has 2 rings (SSSR count). The van der Waals surface area contributed by atoms with Crippen LogP contribution in [0.3, 0.4) is 0 Å². The average Bonchev–Trinajstić information content (AvgIpc) is 2.54. The fourth-order valence-electron chi connectivity index (χ4n) is 2.60. The monoisotopic (exact) mass is 300 g/mol. The quantitative estimate of drug-likeness (QED) is 0.561. The Bertz CT molecular complexity index is 567. The van der Waals surface area contributed by atoms with E-state index >= 15 is 0 Å². The van der Waals surface area contributed by atoms with E-state index in [0.29, 0.717) is 13.1 Å². The van der Waals surface area contributed by atoms with Gasteiger partial charge in [-0.15, -0.1) is 6.42 Å². The summed E-state index contributed by atoms with van der Waals surface area (Å²) in [4.78, 5) is 26.5. The number of nitrogens with one attached hydrogen (secondary N) is 2. The van der Waals surface area contributed by atoms with Crippen molar-refractivity contribution in [2.75, 3.05) is 44.2 Å². The van der Waals surface area contributed by atoms with Crippen LogP contribution >= 0.6 is 0 Å². The highest BCUT2D eigenvalue weighted by molar-refractivity contribution is 5.94. The summed E-state index contributed by atoms with van der Waals surface area (Å²) >= 11 is 0. The van der Waals surface area contributed by atoms with Gasteiger partial charge in [-0.3, -0.25) is 9.59 Å². The van der Waals surface area contributed by atoms with E-state index in [9.17, 15) is 9.59 Å². The van der Waals surface area contributed by atoms with Gasteiger partial charge in [-0.1, -0.05) is 5.92 Å². The van der Waals surface area contributed by atoms with E-state index in [1.807, 2.05) is 24.3 Å². The number of nitrogens with zero attached hydrogens (tertiary/aromatic N) is 1. The molecule has 1 fully saturated rings. The summed E-state index contributed by atoms with van der Waals surface area (Å²) in [6.07, 6.45) is 5.12. The van der Waals surface area contributed by atoms with Crippen LogP contribution in [-0.2, 0) is 4.79 Å². The van der Waals surface area contributed by atoms with E-state index in [-0.39, 0.29) is 11.7 Å². The fraction of sp³-hybridized carbons (Fsp3) is 0.412. The molecule has 0 unspecified atom stereocenters. The van der Waals surface area contributed by atoms with Gasteiger partial charge < -0.3 is 15.1 Å². The summed E-state index contributed by atoms with van der Waals surface area (Å²) in [7, 11) is 0. The fourth-order valence-corrected chi connectivity index (χ4v) is 2.60. The van der Waals surface area contributed by atoms with Gasteiger partial charge in [0.25, 0.3) is 5.91 Å². The first-order chi connectivity index (χ1) is 10.6. The zero-order valence-corrected chi connectivity index (χ0v) is 12.9. The van der Waals surface area contributed by atoms with Crippen molar-refractivity contribution in [1.82, 2.24) is 5.32 Å². The summed E-state index contributed by atoms with van der Waals surface area (Å²) in [6, 6.07) is 7.71. The van der Waals surface area contributed by atoms with E-state index in [4.69, 9.17) is 6.42 Å². The number of carbonyl (C=O) groups excluding carboxylic acids is 2. The Morgan fingerprint density at radius 3 is 2.45 bits per heavy atom. The van der Waals surface area contributed by atoms with Crippen molar-refractivity contribution < 1.29 is 14.5 Å². The Labute approximate surface area is 131 Å². The van der Waals surface area contributed by atoms with E-state index in [1.54, 1.807) is 6.92 Å². The lowest BCUT2D eigenvalue weighted by Crippen LogP contribution is -3.15. The maximum Gasteiger partial charge on any atom is 0.275 e. The normalized spacial score (nSPS) is 15.2. The first kappa shape index (κ1) is 16.1. The Balaban J connectivity index is 1.83. The molecule has 0 aliphatic carbocycles. The summed E-state index contributed by atoms with van der Waals surface area (Å²) in [5.41, 5.74) is 1.86. The van der Waals surface area contributed by atoms with Crippen molar-refractivity contribution >= 4 is 17.4 Å². The second-order valence-corrected chi connectivity index (χ2v) is 5.50. The third kappa shape index (κ3) is 4.34. The van der Waals surface area contributed by atoms with Crippen LogP contribution in [0.5, 0.6) is 0 Å². The van der Waals surface area contributed by atoms with Crippen LogP contribution in [0.2, 0.25) is 0 Å². The molecule has 5 nitrogen and oxygen atoms in total. The van der Waals surface area contributed by atoms with Gasteiger partial charge in [0, 0.05) is 11.3 Å². The van der Waals surface area contributed by atoms with Crippen LogP contribution in [-0.4, -0.2) is 51.0 Å². The third-order valence-electron chi connectivity index (χ3n) is 3.91. The van der Waals surface area contributed by atoms with Crippen LogP contribution in [0.15, 0.2) is 24.3 Å². The first-order valence-electron chi connectivity index (χ1n) is 7.50. The number of hydrogen-bond donors (Lipinski definition) is 2. The van der Waals surface area contributed by atoms with Gasteiger partial charge in [-0.2, -0.15) is 0 Å². The molecule has 1 aromatic rings. The Hall–Kier alpha value is -2.32. The number of terminal acetylenes is 1. The number of quaternary nitrogens is 1. The standard InChI is InChI=1S/C17H21N3O2/c1-3-8-18-17(22)13-19-9-11-20(12-10-19)16-6-4-15(5-7-16)14(2)21/h1,4-7H,8-13H2,2H3,(H,18,22)/p+1. The molecule has 1 saturated heterocycles. The van der Waals surface area contributed by atoms with Crippen LogP contribution in [0, 0.1) is 12.3 Å². The van der Waals surface area contributed by atoms with Gasteiger partial charge in [-0.25, -0.2) is 0 Å². The molecule has 22 heavy (non-hydrogen) atoms. The lowest BCUT2D eigenvalue weighted by molar-refractivity contribution is -0.892. The minimum absolute atomic E-state index is 0.00668. The molecular formula is C17H22N3O2+. The van der Waals surface area contributed by atoms with E-state index in [0.717, 1.165) is 37.4 Å². The second-order valence-electron chi connectivity index (χ2n) is 5.50. The zero-order valence-electron chi connectivity index (χ0n) is 12.9. The Morgan fingerprint density at radius 1 is 1.27 bits per heavy atom. The molecule has 0 spiro atoms. The molecule has 1 aliphatic rings. The van der Waals surface area contributed by atoms with Gasteiger partial charge in [0.2, 0.25) is 0 Å². The molecule has 1 amide bonds. The van der Waals surface area contributed by atoms with E-state index in [2.05, 4.69) is 16.1 Å². The summed E-state index contributed by atoms with van der Waals surface area (Å²) in [5.74, 6) is 2.49. The largest absolute Gasteiger partial charge is 0.360 e. The number of ketones is 1. The number of carbonyl (C=O) groups is 2. The molecule has 0 saturated carbocycles. The molecule has 1 aromatic carbocycles. The predicted octanol–water partition coefficient (Wildman–Crippen LogP) is -0.656. The summed E-state index contributed by atoms with van der Waals surface area (Å²) in [6.45, 7) is 5.96. The molecule has 1 aliphatic heterocycles. The topological polar surface area (TPSA) is 53.9 Å². The number of benzene rings is 1. The van der Waals surface area contributed by atoms with Crippen LogP contribution < -0.4 is 15.1 Å². The van der Waals surface area contributed by atoms with Crippen molar-refractivity contribution in [1.29, 1.82) is 0 Å². The number of hydrogen-bond acceptors (Lipinski definition) is 3. The number of rotatable bonds is 5. The minimum Gasteiger partial charge on any atom is -0.360 e. The van der Waals surface area contributed by atoms with E-state index in [1.165, 1.54) is 4.90 Å². The summed E-state index contributed by atoms with van der Waals surface area (Å²) in [5, 5.41) is 2.70. The highest BCUT2D eigenvalue weighted by Crippen LogP contribution is 2.15. The van der Waals surface area contributed by atoms with Crippen LogP contribution in [0.1, 0.15) is 17.3 Å². The number of Topliss-reactive ketones (excluding diaryl/α,β-unsaturated/α-hetero) is 1. The minimum atomic E-state index is 0.00668. The van der Waals surface area contributed by atoms with Crippen LogP contribution in [0.25, 0.3) is 0 Å². The smallest absolute Gasteiger partial charge is 0.275 e. The van der Waals surface area contributed by atoms with Crippen molar-refractivity contribution in [2.45, 2.75) is 6.92 Å². The lowest BCUT2D eigenvalue weighted by Gasteiger charge is -2.33. The van der Waals surface area contributed by atoms with Gasteiger partial charge >= 0.3 is 0 Å². The molecule has 1 heterocycles. The van der Waals surface area contributed by atoms with Crippen molar-refractivity contribution in [3.05, 3.63) is 29.8 Å². The Morgan fingerprint density at radius 2 is 1.91 bits per heavy atom. The van der Waals surface area contributed by atoms with Gasteiger partial charge in [0.1, 0.15) is 0 Å². The molecule has 0 aromatic heterocycles. The molecule has 2 N–H and O–H groups in total. The van der Waals surface area contributed by atoms with Gasteiger partial charge in [-0.05, 0) is 31.2 Å². The van der Waals surface area contributed by atoms with Crippen molar-refractivity contribution in [3.8, 4) is 12.3 Å². The SMILES string of the molecule is C#CCNC(=O)C[NH+]1CCN(c2ccc(C(C)=O)cc2)CC1. The van der Waals surface area contributed by atoms with E-state index < -0.39 is 0 Å². The molecule has 5 heteroatoms. The van der Waals surface area contributed by atoms with Crippen LogP contribution in [0.4, 0.5) is 5.69 Å². The number of anilines is 1. The molecule has 0 atom stereocenters. The maximum absolute atomic E-state index is 11.6. The highest BCUT2D eigenvalue weighted by atomic mass is 16.2. The highest BCUT2D eigenvalue weighted by Gasteiger charge is 2.22. The zero-order chi connectivity index (χ0) is 15.9. The molecular weight excluding hydrogens is 278 g/mol. The third-order valence-corrected chi connectivity index (χ3v) is 3.91. The Kier molecular flexibility index (Phi) is 5.56. The average molecular weight is 300 g/mol. The lowest BCUT2D eigenvalue weighted by atomic mass is 10.1. The summed E-state index contributed by atoms with van der Waals surface area (Å²) < 4.78 is 0. The van der Waals surface area contributed by atoms with Crippen molar-refractivity contribution in [2.24, 2.45) is 0 Å².